The molecule has 0 bridgehead atoms. The molecule has 0 aliphatic heterocycles. The van der Waals surface area contributed by atoms with Crippen LogP contribution in [0, 0.1) is 0 Å². The van der Waals surface area contributed by atoms with Gasteiger partial charge < -0.3 is 10.5 Å². The van der Waals surface area contributed by atoms with E-state index in [2.05, 4.69) is 4.98 Å². The summed E-state index contributed by atoms with van der Waals surface area (Å²) in [4.78, 5) is 4.58. The van der Waals surface area contributed by atoms with Crippen LogP contribution in [0.15, 0.2) is 30.5 Å². The predicted octanol–water partition coefficient (Wildman–Crippen LogP) is 3.32. The van der Waals surface area contributed by atoms with Gasteiger partial charge in [0.2, 0.25) is 0 Å². The number of nitrogens with zero attached hydrogens (tertiary/aromatic N) is 1. The Bertz CT molecular complexity index is 539. The largest absolute Gasteiger partial charge is 0.488 e. The van der Waals surface area contributed by atoms with Crippen molar-refractivity contribution in [1.82, 2.24) is 4.98 Å². The van der Waals surface area contributed by atoms with Gasteiger partial charge in [-0.25, -0.2) is 4.98 Å². The quantitative estimate of drug-likeness (QED) is 0.934. The standard InChI is InChI=1S/C11H9F3N2OS/c12-11(13,14)7-2-1-3-8(4-7)17-6-9-5-16-10(15)18-9/h1-5H,6H2,(H2,15,16). The average Bonchev–Trinajstić information content (AvgIpc) is 2.72. The number of hydrogen-bond acceptors (Lipinski definition) is 4. The number of aromatic nitrogens is 1. The highest BCUT2D eigenvalue weighted by Crippen LogP contribution is 2.31. The van der Waals surface area contributed by atoms with Crippen LogP contribution in [0.1, 0.15) is 10.4 Å². The lowest BCUT2D eigenvalue weighted by Gasteiger charge is -2.09. The lowest BCUT2D eigenvalue weighted by atomic mass is 10.2. The first-order chi connectivity index (χ1) is 8.45. The van der Waals surface area contributed by atoms with Crippen LogP contribution < -0.4 is 10.5 Å². The minimum absolute atomic E-state index is 0.149. The highest BCUT2D eigenvalue weighted by atomic mass is 32.1. The monoisotopic (exact) mass is 274 g/mol. The fourth-order valence-corrected chi connectivity index (χ4v) is 1.90. The molecular formula is C11H9F3N2OS. The molecule has 0 saturated carbocycles. The molecule has 0 atom stereocenters. The molecule has 0 radical (unpaired) electrons. The summed E-state index contributed by atoms with van der Waals surface area (Å²) >= 11 is 1.24. The average molecular weight is 274 g/mol. The summed E-state index contributed by atoms with van der Waals surface area (Å²) in [6, 6.07) is 4.74. The highest BCUT2D eigenvalue weighted by Gasteiger charge is 2.30. The van der Waals surface area contributed by atoms with Crippen molar-refractivity contribution in [3.63, 3.8) is 0 Å². The Morgan fingerprint density at radius 2 is 2.11 bits per heavy atom. The summed E-state index contributed by atoms with van der Waals surface area (Å²) in [5, 5.41) is 0.401. The predicted molar refractivity (Wildman–Crippen MR) is 62.3 cm³/mol. The van der Waals surface area contributed by atoms with Gasteiger partial charge in [0.25, 0.3) is 0 Å². The molecule has 2 N–H and O–H groups in total. The molecular weight excluding hydrogens is 265 g/mol. The molecule has 18 heavy (non-hydrogen) atoms. The number of anilines is 1. The first kappa shape index (κ1) is 12.7. The maximum atomic E-state index is 12.5. The number of ether oxygens (including phenoxy) is 1. The van der Waals surface area contributed by atoms with E-state index in [1.54, 1.807) is 0 Å². The number of nitrogen functional groups attached to an aromatic ring is 1. The van der Waals surface area contributed by atoms with E-state index >= 15 is 0 Å². The summed E-state index contributed by atoms with van der Waals surface area (Å²) in [5.74, 6) is 0.164. The third kappa shape index (κ3) is 3.13. The molecule has 2 rings (SSSR count). The molecule has 0 fully saturated rings. The SMILES string of the molecule is Nc1ncc(COc2cccc(C(F)(F)F)c2)s1. The van der Waals surface area contributed by atoms with Crippen LogP contribution in [0.5, 0.6) is 5.75 Å². The molecule has 1 aromatic heterocycles. The molecule has 1 heterocycles. The summed E-state index contributed by atoms with van der Waals surface area (Å²) in [7, 11) is 0. The Labute approximate surface area is 105 Å². The molecule has 0 aliphatic carbocycles. The van der Waals surface area contributed by atoms with Gasteiger partial charge in [0.1, 0.15) is 12.4 Å². The van der Waals surface area contributed by atoms with Gasteiger partial charge in [0, 0.05) is 6.20 Å². The number of benzene rings is 1. The van der Waals surface area contributed by atoms with Crippen LogP contribution in [0.2, 0.25) is 0 Å². The summed E-state index contributed by atoms with van der Waals surface area (Å²) < 4.78 is 42.6. The molecule has 7 heteroatoms. The Balaban J connectivity index is 2.06. The second-order valence-corrected chi connectivity index (χ2v) is 4.63. The zero-order valence-electron chi connectivity index (χ0n) is 9.07. The Hall–Kier alpha value is -1.76. The van der Waals surface area contributed by atoms with E-state index in [1.807, 2.05) is 0 Å². The molecule has 0 unspecified atom stereocenters. The van der Waals surface area contributed by atoms with E-state index < -0.39 is 11.7 Å². The van der Waals surface area contributed by atoms with Gasteiger partial charge in [-0.3, -0.25) is 0 Å². The van der Waals surface area contributed by atoms with Gasteiger partial charge in [-0.1, -0.05) is 17.4 Å². The van der Waals surface area contributed by atoms with Gasteiger partial charge in [-0.15, -0.1) is 0 Å². The van der Waals surface area contributed by atoms with E-state index in [0.29, 0.717) is 5.13 Å². The van der Waals surface area contributed by atoms with Crippen LogP contribution in [-0.4, -0.2) is 4.98 Å². The number of alkyl halides is 3. The third-order valence-electron chi connectivity index (χ3n) is 2.11. The van der Waals surface area contributed by atoms with E-state index in [0.717, 1.165) is 17.0 Å². The Kier molecular flexibility index (Phi) is 3.42. The first-order valence-electron chi connectivity index (χ1n) is 4.95. The van der Waals surface area contributed by atoms with Crippen molar-refractivity contribution < 1.29 is 17.9 Å². The second kappa shape index (κ2) is 4.85. The smallest absolute Gasteiger partial charge is 0.416 e. The van der Waals surface area contributed by atoms with Crippen LogP contribution in [0.4, 0.5) is 18.3 Å². The Morgan fingerprint density at radius 1 is 1.33 bits per heavy atom. The minimum Gasteiger partial charge on any atom is -0.488 e. The van der Waals surface area contributed by atoms with Crippen LogP contribution in [0.25, 0.3) is 0 Å². The summed E-state index contributed by atoms with van der Waals surface area (Å²) in [5.41, 5.74) is 4.70. The second-order valence-electron chi connectivity index (χ2n) is 3.48. The van der Waals surface area contributed by atoms with Crippen molar-refractivity contribution in [1.29, 1.82) is 0 Å². The maximum absolute atomic E-state index is 12.5. The fraction of sp³-hybridized carbons (Fsp3) is 0.182. The molecule has 96 valence electrons. The fourth-order valence-electron chi connectivity index (χ4n) is 1.31. The summed E-state index contributed by atoms with van der Waals surface area (Å²) in [6.45, 7) is 0.149. The minimum atomic E-state index is -4.37. The van der Waals surface area contributed by atoms with Crippen molar-refractivity contribution >= 4 is 16.5 Å². The number of halogens is 3. The zero-order chi connectivity index (χ0) is 13.2. The molecule has 0 aliphatic rings. The lowest BCUT2D eigenvalue weighted by molar-refractivity contribution is -0.137. The van der Waals surface area contributed by atoms with Gasteiger partial charge in [0.15, 0.2) is 5.13 Å². The lowest BCUT2D eigenvalue weighted by Crippen LogP contribution is -2.05. The number of rotatable bonds is 3. The van der Waals surface area contributed by atoms with Crippen LogP contribution in [-0.2, 0) is 12.8 Å². The van der Waals surface area contributed by atoms with Gasteiger partial charge in [-0.05, 0) is 18.2 Å². The zero-order valence-corrected chi connectivity index (χ0v) is 9.89. The van der Waals surface area contributed by atoms with Crippen molar-refractivity contribution in [2.45, 2.75) is 12.8 Å². The summed E-state index contributed by atoms with van der Waals surface area (Å²) in [6.07, 6.45) is -2.83. The molecule has 0 saturated heterocycles. The van der Waals surface area contributed by atoms with E-state index in [9.17, 15) is 13.2 Å². The topological polar surface area (TPSA) is 48.1 Å². The number of nitrogens with two attached hydrogens (primary N) is 1. The molecule has 0 amide bonds. The number of thiazole rings is 1. The molecule has 2 aromatic rings. The van der Waals surface area contributed by atoms with Crippen molar-refractivity contribution in [3.8, 4) is 5.75 Å². The van der Waals surface area contributed by atoms with Gasteiger partial charge in [0.05, 0.1) is 10.4 Å². The van der Waals surface area contributed by atoms with E-state index in [4.69, 9.17) is 10.5 Å². The van der Waals surface area contributed by atoms with E-state index in [-0.39, 0.29) is 12.4 Å². The van der Waals surface area contributed by atoms with Crippen molar-refractivity contribution in [2.24, 2.45) is 0 Å². The van der Waals surface area contributed by atoms with Crippen molar-refractivity contribution in [3.05, 3.63) is 40.9 Å². The van der Waals surface area contributed by atoms with Crippen LogP contribution in [0.3, 0.4) is 0 Å². The van der Waals surface area contributed by atoms with Gasteiger partial charge >= 0.3 is 6.18 Å². The van der Waals surface area contributed by atoms with Crippen LogP contribution >= 0.6 is 11.3 Å². The highest BCUT2D eigenvalue weighted by molar-refractivity contribution is 7.15. The molecule has 0 spiro atoms. The Morgan fingerprint density at radius 3 is 2.72 bits per heavy atom. The maximum Gasteiger partial charge on any atom is 0.416 e. The number of hydrogen-bond donors (Lipinski definition) is 1. The van der Waals surface area contributed by atoms with E-state index in [1.165, 1.54) is 29.7 Å². The first-order valence-corrected chi connectivity index (χ1v) is 5.77. The molecule has 3 nitrogen and oxygen atoms in total. The van der Waals surface area contributed by atoms with Gasteiger partial charge in [-0.2, -0.15) is 13.2 Å². The molecule has 1 aromatic carbocycles. The third-order valence-corrected chi connectivity index (χ3v) is 2.91. The van der Waals surface area contributed by atoms with Crippen molar-refractivity contribution in [2.75, 3.05) is 5.73 Å². The normalized spacial score (nSPS) is 11.5.